The second-order valence-corrected chi connectivity index (χ2v) is 5.65. The summed E-state index contributed by atoms with van der Waals surface area (Å²) in [6.07, 6.45) is 11.1. The first-order valence-corrected chi connectivity index (χ1v) is 8.09. The summed E-state index contributed by atoms with van der Waals surface area (Å²) in [7, 11) is 0. The SMILES string of the molecule is CCCC[N+](CCCC)(CCCC)CCCC.O.O.O.[Ag+].[F-].[F-]. The molecule has 0 fully saturated rings. The van der Waals surface area contributed by atoms with E-state index in [1.807, 2.05) is 0 Å². The topological polar surface area (TPSA) is 94.5 Å². The Bertz CT molecular complexity index is 144. The van der Waals surface area contributed by atoms with Crippen LogP contribution in [-0.4, -0.2) is 47.1 Å². The first-order valence-electron chi connectivity index (χ1n) is 8.09. The molecule has 0 rings (SSSR count). The third kappa shape index (κ3) is 22.4. The Morgan fingerprint density at radius 2 is 0.652 bits per heavy atom. The van der Waals surface area contributed by atoms with Crippen LogP contribution in [-0.2, 0) is 22.4 Å². The summed E-state index contributed by atoms with van der Waals surface area (Å²) in [6, 6.07) is 0. The molecule has 0 aliphatic carbocycles. The molecule has 154 valence electrons. The van der Waals surface area contributed by atoms with E-state index in [0.29, 0.717) is 0 Å². The molecule has 0 atom stereocenters. The van der Waals surface area contributed by atoms with E-state index in [4.69, 9.17) is 0 Å². The van der Waals surface area contributed by atoms with Gasteiger partial charge in [-0.1, -0.05) is 53.4 Å². The van der Waals surface area contributed by atoms with Crippen LogP contribution in [0.25, 0.3) is 0 Å². The number of hydrogen-bond donors (Lipinski definition) is 0. The fraction of sp³-hybridized carbons (Fsp3) is 1.00. The Morgan fingerprint density at radius 1 is 0.478 bits per heavy atom. The molecular formula is C16H42AgF2NO3. The number of nitrogens with zero attached hydrogens (tertiary/aromatic N) is 1. The van der Waals surface area contributed by atoms with Crippen LogP contribution < -0.4 is 9.41 Å². The van der Waals surface area contributed by atoms with Crippen LogP contribution in [0.5, 0.6) is 0 Å². The Kier molecular flexibility index (Phi) is 57.6. The summed E-state index contributed by atoms with van der Waals surface area (Å²) in [5, 5.41) is 0. The molecule has 0 amide bonds. The average Bonchev–Trinajstić information content (AvgIpc) is 2.37. The van der Waals surface area contributed by atoms with Gasteiger partial charge in [0.05, 0.1) is 26.2 Å². The van der Waals surface area contributed by atoms with E-state index < -0.39 is 0 Å². The van der Waals surface area contributed by atoms with Crippen molar-refractivity contribution < 1.29 is 52.7 Å². The second-order valence-electron chi connectivity index (χ2n) is 5.65. The molecule has 6 N–H and O–H groups in total. The van der Waals surface area contributed by atoms with Crippen molar-refractivity contribution in [3.8, 4) is 0 Å². The van der Waals surface area contributed by atoms with Crippen molar-refractivity contribution in [1.82, 2.24) is 0 Å². The largest absolute Gasteiger partial charge is 1.00 e. The minimum atomic E-state index is 0. The molecule has 0 aromatic heterocycles. The normalized spacial score (nSPS) is 8.87. The van der Waals surface area contributed by atoms with Crippen molar-refractivity contribution in [3.63, 3.8) is 0 Å². The predicted molar refractivity (Wildman–Crippen MR) is 90.2 cm³/mol. The summed E-state index contributed by atoms with van der Waals surface area (Å²) < 4.78 is 1.42. The van der Waals surface area contributed by atoms with Gasteiger partial charge in [0.1, 0.15) is 0 Å². The fourth-order valence-corrected chi connectivity index (χ4v) is 2.64. The predicted octanol–water partition coefficient (Wildman–Crippen LogP) is -3.46. The molecule has 0 aromatic rings. The van der Waals surface area contributed by atoms with Gasteiger partial charge in [0.2, 0.25) is 0 Å². The van der Waals surface area contributed by atoms with Crippen LogP contribution in [0.15, 0.2) is 0 Å². The molecule has 0 unspecified atom stereocenters. The molecule has 23 heavy (non-hydrogen) atoms. The van der Waals surface area contributed by atoms with Gasteiger partial charge in [-0.2, -0.15) is 0 Å². The van der Waals surface area contributed by atoms with Crippen LogP contribution in [0.1, 0.15) is 79.1 Å². The Labute approximate surface area is 158 Å². The Hall–Kier alpha value is 0.440. The van der Waals surface area contributed by atoms with Gasteiger partial charge in [0.25, 0.3) is 0 Å². The summed E-state index contributed by atoms with van der Waals surface area (Å²) in [5.74, 6) is 0. The molecule has 0 aromatic carbocycles. The van der Waals surface area contributed by atoms with Gasteiger partial charge in [-0.25, -0.2) is 0 Å². The van der Waals surface area contributed by atoms with Crippen molar-refractivity contribution in [2.75, 3.05) is 26.2 Å². The van der Waals surface area contributed by atoms with Gasteiger partial charge >= 0.3 is 22.4 Å². The molecule has 0 aliphatic rings. The van der Waals surface area contributed by atoms with Crippen molar-refractivity contribution >= 4 is 0 Å². The number of halogens is 2. The smallest absolute Gasteiger partial charge is 1.00 e. The number of unbranched alkanes of at least 4 members (excludes halogenated alkanes) is 4. The maximum atomic E-state index is 2.33. The van der Waals surface area contributed by atoms with Crippen molar-refractivity contribution in [2.45, 2.75) is 79.1 Å². The standard InChI is InChI=1S/C16H36N.Ag.2FH.3H2O/c1-5-9-13-17(14-10-6-2,15-11-7-3)16-12-8-4;;;;;;/h5-16H2,1-4H3;;2*1H;3*1H2/q2*+1;;;;;/p-2. The van der Waals surface area contributed by atoms with Gasteiger partial charge in [-0.05, 0) is 25.7 Å². The monoisotopic (exact) mass is 441 g/mol. The van der Waals surface area contributed by atoms with E-state index >= 15 is 0 Å². The third-order valence-electron chi connectivity index (χ3n) is 3.94. The van der Waals surface area contributed by atoms with Crippen LogP contribution in [0.3, 0.4) is 0 Å². The molecule has 4 nitrogen and oxygen atoms in total. The van der Waals surface area contributed by atoms with Crippen LogP contribution in [0.4, 0.5) is 0 Å². The zero-order valence-corrected chi connectivity index (χ0v) is 17.0. The molecule has 0 saturated heterocycles. The fourth-order valence-electron chi connectivity index (χ4n) is 2.64. The first kappa shape index (κ1) is 43.7. The van der Waals surface area contributed by atoms with E-state index in [1.165, 1.54) is 82.0 Å². The molecular weight excluding hydrogens is 400 g/mol. The zero-order valence-electron chi connectivity index (χ0n) is 15.5. The zero-order chi connectivity index (χ0) is 13.0. The molecule has 0 bridgehead atoms. The van der Waals surface area contributed by atoms with Crippen molar-refractivity contribution in [3.05, 3.63) is 0 Å². The van der Waals surface area contributed by atoms with E-state index in [9.17, 15) is 0 Å². The summed E-state index contributed by atoms with van der Waals surface area (Å²) in [6.45, 7) is 15.0. The van der Waals surface area contributed by atoms with Crippen molar-refractivity contribution in [1.29, 1.82) is 0 Å². The minimum Gasteiger partial charge on any atom is -1.00 e. The summed E-state index contributed by atoms with van der Waals surface area (Å²) in [4.78, 5) is 0. The third-order valence-corrected chi connectivity index (χ3v) is 3.94. The maximum absolute atomic E-state index is 2.33. The summed E-state index contributed by atoms with van der Waals surface area (Å²) in [5.41, 5.74) is 0. The summed E-state index contributed by atoms with van der Waals surface area (Å²) >= 11 is 0. The molecule has 0 aliphatic heterocycles. The first-order chi connectivity index (χ1) is 8.24. The Morgan fingerprint density at radius 3 is 0.783 bits per heavy atom. The number of rotatable bonds is 12. The Balaban J connectivity index is -0.0000000853. The van der Waals surface area contributed by atoms with E-state index in [1.54, 1.807) is 0 Å². The molecule has 7 heteroatoms. The van der Waals surface area contributed by atoms with Crippen molar-refractivity contribution in [2.24, 2.45) is 0 Å². The van der Waals surface area contributed by atoms with E-state index in [-0.39, 0.29) is 48.2 Å². The van der Waals surface area contributed by atoms with Crippen LogP contribution in [0.2, 0.25) is 0 Å². The molecule has 0 spiro atoms. The number of hydrogen-bond acceptors (Lipinski definition) is 0. The van der Waals surface area contributed by atoms with Gasteiger partial charge in [0.15, 0.2) is 0 Å². The van der Waals surface area contributed by atoms with Crippen LogP contribution in [0, 0.1) is 0 Å². The number of quaternary nitrogens is 1. The van der Waals surface area contributed by atoms with Gasteiger partial charge in [0, 0.05) is 0 Å². The van der Waals surface area contributed by atoms with Gasteiger partial charge in [-0.3, -0.25) is 0 Å². The minimum absolute atomic E-state index is 0. The second kappa shape index (κ2) is 30.3. The van der Waals surface area contributed by atoms with Gasteiger partial charge < -0.3 is 30.3 Å². The molecule has 0 radical (unpaired) electrons. The quantitative estimate of drug-likeness (QED) is 0.222. The maximum Gasteiger partial charge on any atom is 1.00 e. The molecule has 0 heterocycles. The average molecular weight is 442 g/mol. The van der Waals surface area contributed by atoms with E-state index in [0.717, 1.165) is 0 Å². The van der Waals surface area contributed by atoms with Gasteiger partial charge in [-0.15, -0.1) is 0 Å². The van der Waals surface area contributed by atoms with Crippen LogP contribution >= 0.6 is 0 Å². The van der Waals surface area contributed by atoms with E-state index in [2.05, 4.69) is 27.7 Å². The molecule has 0 saturated carbocycles.